The molecule has 1 aromatic carbocycles. The summed E-state index contributed by atoms with van der Waals surface area (Å²) >= 11 is 0. The summed E-state index contributed by atoms with van der Waals surface area (Å²) in [6.45, 7) is 18.4. The molecule has 0 unspecified atom stereocenters. The highest BCUT2D eigenvalue weighted by Gasteiger charge is 2.36. The molecule has 0 aliphatic rings. The van der Waals surface area contributed by atoms with Gasteiger partial charge in [-0.05, 0) is 77.8 Å². The van der Waals surface area contributed by atoms with Crippen molar-refractivity contribution in [2.75, 3.05) is 32.1 Å². The smallest absolute Gasteiger partial charge is 0.414 e. The number of ether oxygens (including phenoxy) is 1. The molecule has 0 saturated carbocycles. The van der Waals surface area contributed by atoms with Crippen LogP contribution in [0.1, 0.15) is 55.4 Å². The molecule has 1 rings (SSSR count). The van der Waals surface area contributed by atoms with Crippen LogP contribution >= 0.6 is 0 Å². The first-order valence-corrected chi connectivity index (χ1v) is 10.6. The number of anilines is 1. The van der Waals surface area contributed by atoms with Crippen LogP contribution in [0.4, 0.5) is 14.9 Å². The van der Waals surface area contributed by atoms with Crippen LogP contribution in [-0.4, -0.2) is 56.3 Å². The van der Waals surface area contributed by atoms with E-state index >= 15 is 0 Å². The van der Waals surface area contributed by atoms with Gasteiger partial charge in [0.25, 0.3) is 0 Å². The fourth-order valence-electron chi connectivity index (χ4n) is 2.62. The molecular weight excluding hydrogens is 382 g/mol. The van der Waals surface area contributed by atoms with Crippen LogP contribution < -0.4 is 10.4 Å². The van der Waals surface area contributed by atoms with E-state index in [4.69, 9.17) is 9.39 Å². The Bertz CT molecular complexity index is 724. The molecule has 0 spiro atoms. The number of likely N-dealkylation sites (N-methyl/N-ethyl adjacent to an activating group) is 1. The zero-order valence-electron chi connectivity index (χ0n) is 20.7. The van der Waals surface area contributed by atoms with Gasteiger partial charge in [0.2, 0.25) is 0 Å². The zero-order valence-corrected chi connectivity index (χ0v) is 20.7. The number of hydrogen-bond donors (Lipinski definition) is 0. The first-order chi connectivity index (χ1) is 13.4. The molecule has 170 valence electrons. The van der Waals surface area contributed by atoms with Crippen molar-refractivity contribution in [3.8, 4) is 0 Å². The second-order valence-electron chi connectivity index (χ2n) is 10.7. The normalized spacial score (nSPS) is 12.8. The van der Waals surface area contributed by atoms with E-state index in [-0.39, 0.29) is 12.3 Å². The second kappa shape index (κ2) is 9.69. The number of rotatable bonds is 7. The summed E-state index contributed by atoms with van der Waals surface area (Å²) in [7, 11) is 3.85. The lowest BCUT2D eigenvalue weighted by Crippen LogP contribution is -2.47. The predicted molar refractivity (Wildman–Crippen MR) is 124 cm³/mol. The average Bonchev–Trinajstić information content (AvgIpc) is 2.50. The van der Waals surface area contributed by atoms with Crippen molar-refractivity contribution in [1.29, 1.82) is 0 Å². The molecule has 0 aliphatic carbocycles. The van der Waals surface area contributed by atoms with Crippen molar-refractivity contribution in [2.24, 2.45) is 5.41 Å². The number of nitrogens with zero attached hydrogens (tertiary/aromatic N) is 2. The Balaban J connectivity index is 3.26. The van der Waals surface area contributed by atoms with Crippen LogP contribution in [0.5, 0.6) is 0 Å². The fourth-order valence-corrected chi connectivity index (χ4v) is 2.62. The predicted octanol–water partition coefficient (Wildman–Crippen LogP) is 4.80. The minimum Gasteiger partial charge on any atom is -0.443 e. The third-order valence-electron chi connectivity index (χ3n) is 5.35. The quantitative estimate of drug-likeness (QED) is 0.592. The third kappa shape index (κ3) is 7.91. The maximum absolute atomic E-state index is 14.6. The Kier molecular flexibility index (Phi) is 8.54. The molecule has 0 heterocycles. The van der Waals surface area contributed by atoms with Crippen molar-refractivity contribution in [2.45, 2.75) is 73.4 Å². The van der Waals surface area contributed by atoms with Gasteiger partial charge >= 0.3 is 13.0 Å². The molecular formula is C23H40BFN2O3. The van der Waals surface area contributed by atoms with Crippen LogP contribution in [0, 0.1) is 11.2 Å². The largest absolute Gasteiger partial charge is 0.443 e. The van der Waals surface area contributed by atoms with E-state index in [0.29, 0.717) is 24.2 Å². The van der Waals surface area contributed by atoms with E-state index in [2.05, 4.69) is 20.8 Å². The fraction of sp³-hybridized carbons (Fsp3) is 0.696. The molecule has 0 atom stereocenters. The zero-order chi connectivity index (χ0) is 23.5. The van der Waals surface area contributed by atoms with Gasteiger partial charge in [0, 0.05) is 18.8 Å². The Labute approximate surface area is 183 Å². The first-order valence-electron chi connectivity index (χ1n) is 10.6. The number of halogens is 1. The molecule has 1 amide bonds. The summed E-state index contributed by atoms with van der Waals surface area (Å²) in [4.78, 5) is 16.3. The van der Waals surface area contributed by atoms with Gasteiger partial charge in [-0.1, -0.05) is 27.6 Å². The summed E-state index contributed by atoms with van der Waals surface area (Å²) in [5.74, 6) is -0.412. The third-order valence-corrected chi connectivity index (χ3v) is 5.35. The highest BCUT2D eigenvalue weighted by atomic mass is 19.1. The van der Waals surface area contributed by atoms with Gasteiger partial charge in [0.1, 0.15) is 11.4 Å². The van der Waals surface area contributed by atoms with Gasteiger partial charge in [-0.3, -0.25) is 4.90 Å². The average molecular weight is 422 g/mol. The van der Waals surface area contributed by atoms with Crippen LogP contribution in [0.3, 0.4) is 0 Å². The summed E-state index contributed by atoms with van der Waals surface area (Å²) in [6.07, 6.45) is -0.496. The van der Waals surface area contributed by atoms with Crippen molar-refractivity contribution >= 4 is 24.2 Å². The molecule has 30 heavy (non-hydrogen) atoms. The van der Waals surface area contributed by atoms with Crippen molar-refractivity contribution in [1.82, 2.24) is 4.90 Å². The van der Waals surface area contributed by atoms with E-state index in [0.717, 1.165) is 0 Å². The molecule has 7 heteroatoms. The van der Waals surface area contributed by atoms with Gasteiger partial charge in [-0.25, -0.2) is 9.18 Å². The molecule has 0 fully saturated rings. The van der Waals surface area contributed by atoms with E-state index < -0.39 is 23.1 Å². The molecule has 0 N–H and O–H groups in total. The van der Waals surface area contributed by atoms with Crippen molar-refractivity contribution in [3.05, 3.63) is 24.0 Å². The topological polar surface area (TPSA) is 42.0 Å². The van der Waals surface area contributed by atoms with Crippen LogP contribution in [0.15, 0.2) is 18.2 Å². The molecule has 1 aromatic rings. The highest BCUT2D eigenvalue weighted by molar-refractivity contribution is 6.66. The number of carbonyl (C=O) groups excluding carboxylic acids is 1. The highest BCUT2D eigenvalue weighted by Crippen LogP contribution is 2.33. The van der Waals surface area contributed by atoms with Gasteiger partial charge in [-0.15, -0.1) is 0 Å². The van der Waals surface area contributed by atoms with Gasteiger partial charge < -0.3 is 14.3 Å². The van der Waals surface area contributed by atoms with Gasteiger partial charge in [0.15, 0.2) is 0 Å². The maximum atomic E-state index is 14.6. The molecule has 0 aromatic heterocycles. The second-order valence-corrected chi connectivity index (χ2v) is 10.7. The van der Waals surface area contributed by atoms with Crippen molar-refractivity contribution in [3.63, 3.8) is 0 Å². The summed E-state index contributed by atoms with van der Waals surface area (Å²) in [6, 6.07) is 4.64. The molecule has 0 aliphatic heterocycles. The maximum Gasteiger partial charge on any atom is 0.414 e. The van der Waals surface area contributed by atoms with E-state index in [1.165, 1.54) is 17.0 Å². The minimum atomic E-state index is -0.642. The summed E-state index contributed by atoms with van der Waals surface area (Å²) in [5, 5.41) is 0. The Hall–Kier alpha value is -1.60. The van der Waals surface area contributed by atoms with Gasteiger partial charge in [0.05, 0.1) is 5.60 Å². The van der Waals surface area contributed by atoms with Crippen LogP contribution in [-0.2, 0) is 9.39 Å². The lowest BCUT2D eigenvalue weighted by Gasteiger charge is -2.41. The number of carbonyl (C=O) groups is 1. The van der Waals surface area contributed by atoms with E-state index in [1.54, 1.807) is 0 Å². The Morgan fingerprint density at radius 1 is 1.00 bits per heavy atom. The number of benzene rings is 1. The number of hydrogen-bond acceptors (Lipinski definition) is 4. The standard InChI is InChI=1S/C23H40BFN2O3/c1-21(2,3)23(7,8)30-24(9)17-14-18(25)16-19(15-17)27(13-12-26(10)11)20(28)29-22(4,5)6/h14-16H,12-13H2,1-11H3. The molecule has 0 saturated heterocycles. The summed E-state index contributed by atoms with van der Waals surface area (Å²) < 4.78 is 26.4. The Morgan fingerprint density at radius 3 is 2.03 bits per heavy atom. The number of amides is 1. The van der Waals surface area contributed by atoms with E-state index in [9.17, 15) is 9.18 Å². The van der Waals surface area contributed by atoms with E-state index in [1.807, 2.05) is 66.5 Å². The minimum absolute atomic E-state index is 0.0916. The molecule has 5 nitrogen and oxygen atoms in total. The monoisotopic (exact) mass is 422 g/mol. The first kappa shape index (κ1) is 26.4. The van der Waals surface area contributed by atoms with Crippen LogP contribution in [0.2, 0.25) is 6.82 Å². The molecule has 0 radical (unpaired) electrons. The lowest BCUT2D eigenvalue weighted by atomic mass is 9.61. The van der Waals surface area contributed by atoms with Crippen molar-refractivity contribution < 1.29 is 18.6 Å². The Morgan fingerprint density at radius 2 is 1.57 bits per heavy atom. The van der Waals surface area contributed by atoms with Crippen LogP contribution in [0.25, 0.3) is 0 Å². The molecule has 0 bridgehead atoms. The summed E-state index contributed by atoms with van der Waals surface area (Å²) in [5.41, 5.74) is -0.0114. The lowest BCUT2D eigenvalue weighted by molar-refractivity contribution is 0.000436. The SMILES string of the molecule is CB(OC(C)(C)C(C)(C)C)c1cc(F)cc(N(CCN(C)C)C(=O)OC(C)(C)C)c1. The van der Waals surface area contributed by atoms with Gasteiger partial charge in [-0.2, -0.15) is 0 Å².